The predicted octanol–water partition coefficient (Wildman–Crippen LogP) is 5.41. The summed E-state index contributed by atoms with van der Waals surface area (Å²) in [6.07, 6.45) is 1.67. The number of carbonyl (C=O) groups is 1. The van der Waals surface area contributed by atoms with Crippen molar-refractivity contribution in [3.8, 4) is 11.4 Å². The third-order valence-corrected chi connectivity index (χ3v) is 5.79. The van der Waals surface area contributed by atoms with Gasteiger partial charge in [0.05, 0.1) is 11.8 Å². The third kappa shape index (κ3) is 4.31. The van der Waals surface area contributed by atoms with Crippen LogP contribution in [0.25, 0.3) is 11.4 Å². The number of nitrogens with one attached hydrogen (secondary N) is 1. The topological polar surface area (TPSA) is 73.0 Å². The zero-order valence-corrected chi connectivity index (χ0v) is 17.6. The summed E-state index contributed by atoms with van der Waals surface area (Å²) in [6.45, 7) is 4.77. The largest absolute Gasteiger partial charge is 0.469 e. The van der Waals surface area contributed by atoms with Crippen LogP contribution in [0, 0.1) is 6.92 Å². The van der Waals surface area contributed by atoms with Gasteiger partial charge in [-0.3, -0.25) is 4.79 Å². The molecule has 2 aromatic heterocycles. The summed E-state index contributed by atoms with van der Waals surface area (Å²) >= 11 is 1.62. The first-order valence-corrected chi connectivity index (χ1v) is 10.7. The average molecular weight is 419 g/mol. The highest BCUT2D eigenvalue weighted by molar-refractivity contribution is 7.98. The van der Waals surface area contributed by atoms with Crippen LogP contribution in [-0.2, 0) is 12.3 Å². The molecular weight excluding hydrogens is 396 g/mol. The van der Waals surface area contributed by atoms with Crippen molar-refractivity contribution in [3.05, 3.63) is 83.8 Å². The Labute approximate surface area is 179 Å². The molecule has 0 spiro atoms. The highest BCUT2D eigenvalue weighted by Gasteiger charge is 2.16. The lowest BCUT2D eigenvalue weighted by atomic mass is 10.1. The molecule has 1 N–H and O–H groups in total. The Balaban J connectivity index is 1.42. The van der Waals surface area contributed by atoms with E-state index in [0.717, 1.165) is 45.9 Å². The van der Waals surface area contributed by atoms with Gasteiger partial charge in [-0.05, 0) is 49.7 Å². The van der Waals surface area contributed by atoms with Gasteiger partial charge < -0.3 is 14.3 Å². The number of aryl methyl sites for hydroxylation is 1. The summed E-state index contributed by atoms with van der Waals surface area (Å²) in [7, 11) is 0. The minimum Gasteiger partial charge on any atom is -0.469 e. The Morgan fingerprint density at radius 3 is 2.50 bits per heavy atom. The van der Waals surface area contributed by atoms with Crippen molar-refractivity contribution in [2.24, 2.45) is 0 Å². The first kappa shape index (κ1) is 20.0. The second kappa shape index (κ2) is 9.00. The fourth-order valence-corrected chi connectivity index (χ4v) is 4.08. The van der Waals surface area contributed by atoms with E-state index >= 15 is 0 Å². The van der Waals surface area contributed by atoms with Crippen LogP contribution in [-0.4, -0.2) is 20.7 Å². The molecule has 2 aromatic carbocycles. The normalized spacial score (nSPS) is 10.9. The number of aromatic nitrogens is 3. The van der Waals surface area contributed by atoms with Crippen LogP contribution in [0.15, 0.2) is 76.5 Å². The number of carbonyl (C=O) groups excluding carboxylic acids is 1. The van der Waals surface area contributed by atoms with Gasteiger partial charge in [-0.1, -0.05) is 42.1 Å². The van der Waals surface area contributed by atoms with E-state index in [-0.39, 0.29) is 5.91 Å². The third-order valence-electron chi connectivity index (χ3n) is 4.75. The van der Waals surface area contributed by atoms with Crippen molar-refractivity contribution >= 4 is 23.4 Å². The van der Waals surface area contributed by atoms with Gasteiger partial charge >= 0.3 is 0 Å². The van der Waals surface area contributed by atoms with Crippen LogP contribution >= 0.6 is 11.8 Å². The number of thioether (sulfide) groups is 1. The van der Waals surface area contributed by atoms with Crippen LogP contribution in [0.2, 0.25) is 0 Å². The van der Waals surface area contributed by atoms with Crippen LogP contribution in [0.4, 0.5) is 5.69 Å². The van der Waals surface area contributed by atoms with Crippen molar-refractivity contribution < 1.29 is 9.21 Å². The maximum atomic E-state index is 12.4. The average Bonchev–Trinajstić information content (AvgIpc) is 3.38. The zero-order chi connectivity index (χ0) is 20.9. The second-order valence-electron chi connectivity index (χ2n) is 6.75. The fourth-order valence-electron chi connectivity index (χ4n) is 3.12. The van der Waals surface area contributed by atoms with E-state index in [9.17, 15) is 4.79 Å². The quantitative estimate of drug-likeness (QED) is 0.406. The molecule has 6 nitrogen and oxygen atoms in total. The molecule has 4 rings (SSSR count). The predicted molar refractivity (Wildman–Crippen MR) is 119 cm³/mol. The molecule has 0 bridgehead atoms. The summed E-state index contributed by atoms with van der Waals surface area (Å²) in [5, 5.41) is 12.5. The van der Waals surface area contributed by atoms with Gasteiger partial charge in [0.2, 0.25) is 0 Å². The molecule has 2 heterocycles. The van der Waals surface area contributed by atoms with Crippen molar-refractivity contribution in [3.63, 3.8) is 0 Å². The molecule has 152 valence electrons. The molecule has 0 fully saturated rings. The zero-order valence-electron chi connectivity index (χ0n) is 16.8. The van der Waals surface area contributed by atoms with Crippen molar-refractivity contribution in [1.82, 2.24) is 14.8 Å². The van der Waals surface area contributed by atoms with Gasteiger partial charge in [-0.25, -0.2) is 0 Å². The minimum absolute atomic E-state index is 0.119. The molecule has 0 saturated carbocycles. The molecule has 1 amide bonds. The monoisotopic (exact) mass is 418 g/mol. The summed E-state index contributed by atoms with van der Waals surface area (Å²) in [5.41, 5.74) is 3.49. The highest BCUT2D eigenvalue weighted by atomic mass is 32.2. The fraction of sp³-hybridized carbons (Fsp3) is 0.174. The first-order chi connectivity index (χ1) is 14.7. The molecule has 0 saturated heterocycles. The standard InChI is InChI=1S/C23H22N4O2S/c1-3-27-21(20-13-14-29-16(20)2)25-26-23(27)30-15-17-9-11-18(12-10-17)22(28)24-19-7-5-4-6-8-19/h4-14H,3,15H2,1-2H3,(H,24,28). The SMILES string of the molecule is CCn1c(SCc2ccc(C(=O)Nc3ccccc3)cc2)nnc1-c1ccoc1C. The number of anilines is 1. The number of furan rings is 1. The van der Waals surface area contributed by atoms with Gasteiger partial charge in [0.15, 0.2) is 11.0 Å². The summed E-state index contributed by atoms with van der Waals surface area (Å²) in [4.78, 5) is 12.4. The number of rotatable bonds is 7. The number of amides is 1. The highest BCUT2D eigenvalue weighted by Crippen LogP contribution is 2.28. The lowest BCUT2D eigenvalue weighted by Gasteiger charge is -2.08. The minimum atomic E-state index is -0.119. The molecule has 0 unspecified atom stereocenters. The van der Waals surface area contributed by atoms with Crippen LogP contribution in [0.5, 0.6) is 0 Å². The molecule has 30 heavy (non-hydrogen) atoms. The summed E-state index contributed by atoms with van der Waals surface area (Å²) in [5.74, 6) is 2.27. The Hall–Kier alpha value is -3.32. The van der Waals surface area contributed by atoms with Gasteiger partial charge in [-0.15, -0.1) is 10.2 Å². The Morgan fingerprint density at radius 1 is 1.07 bits per heavy atom. The molecule has 0 atom stereocenters. The molecule has 0 aliphatic carbocycles. The van der Waals surface area contributed by atoms with Crippen molar-refractivity contribution in [2.75, 3.05) is 5.32 Å². The lowest BCUT2D eigenvalue weighted by molar-refractivity contribution is 0.102. The van der Waals surface area contributed by atoms with Crippen molar-refractivity contribution in [1.29, 1.82) is 0 Å². The Kier molecular flexibility index (Phi) is 5.99. The van der Waals surface area contributed by atoms with Gasteiger partial charge in [0, 0.05) is 23.5 Å². The molecule has 7 heteroatoms. The van der Waals surface area contributed by atoms with E-state index < -0.39 is 0 Å². The number of hydrogen-bond donors (Lipinski definition) is 1. The van der Waals surface area contributed by atoms with Crippen LogP contribution in [0.3, 0.4) is 0 Å². The van der Waals surface area contributed by atoms with E-state index in [1.807, 2.05) is 67.6 Å². The van der Waals surface area contributed by atoms with E-state index in [1.54, 1.807) is 18.0 Å². The molecule has 0 radical (unpaired) electrons. The van der Waals surface area contributed by atoms with Gasteiger partial charge in [0.1, 0.15) is 5.76 Å². The van der Waals surface area contributed by atoms with Gasteiger partial charge in [-0.2, -0.15) is 0 Å². The lowest BCUT2D eigenvalue weighted by Crippen LogP contribution is -2.11. The maximum Gasteiger partial charge on any atom is 0.255 e. The van der Waals surface area contributed by atoms with E-state index in [0.29, 0.717) is 5.56 Å². The summed E-state index contributed by atoms with van der Waals surface area (Å²) in [6, 6.07) is 19.0. The Morgan fingerprint density at radius 2 is 1.83 bits per heavy atom. The molecule has 0 aliphatic rings. The number of benzene rings is 2. The smallest absolute Gasteiger partial charge is 0.255 e. The van der Waals surface area contributed by atoms with Crippen LogP contribution < -0.4 is 5.32 Å². The second-order valence-corrected chi connectivity index (χ2v) is 7.69. The van der Waals surface area contributed by atoms with E-state index in [2.05, 4.69) is 27.0 Å². The van der Waals surface area contributed by atoms with E-state index in [1.165, 1.54) is 0 Å². The van der Waals surface area contributed by atoms with Crippen LogP contribution in [0.1, 0.15) is 28.6 Å². The van der Waals surface area contributed by atoms with Crippen molar-refractivity contribution in [2.45, 2.75) is 31.3 Å². The molecule has 0 aliphatic heterocycles. The first-order valence-electron chi connectivity index (χ1n) is 9.71. The Bertz CT molecular complexity index is 1130. The maximum absolute atomic E-state index is 12.4. The number of para-hydroxylation sites is 1. The molecule has 4 aromatic rings. The number of hydrogen-bond acceptors (Lipinski definition) is 5. The molecular formula is C23H22N4O2S. The summed E-state index contributed by atoms with van der Waals surface area (Å²) < 4.78 is 7.49. The van der Waals surface area contributed by atoms with E-state index in [4.69, 9.17) is 4.42 Å². The number of nitrogens with zero attached hydrogens (tertiary/aromatic N) is 3. The van der Waals surface area contributed by atoms with Gasteiger partial charge in [0.25, 0.3) is 5.91 Å².